The molecular weight excluding hydrogens is 228 g/mol. The third-order valence-corrected chi connectivity index (χ3v) is 3.20. The highest BCUT2D eigenvalue weighted by atomic mass is 16.6. The summed E-state index contributed by atoms with van der Waals surface area (Å²) in [7, 11) is 0. The first-order valence-corrected chi connectivity index (χ1v) is 6.08. The number of Topliss-reactive ketones (excluding diaryl/α,β-unsaturated/α-hetero) is 1. The molecule has 1 heterocycles. The van der Waals surface area contributed by atoms with E-state index in [1.165, 1.54) is 0 Å². The Bertz CT molecular complexity index is 567. The van der Waals surface area contributed by atoms with Gasteiger partial charge >= 0.3 is 0 Å². The molecule has 1 aromatic carbocycles. The van der Waals surface area contributed by atoms with Gasteiger partial charge in [-0.25, -0.2) is 0 Å². The summed E-state index contributed by atoms with van der Waals surface area (Å²) in [6.45, 7) is 4.05. The van der Waals surface area contributed by atoms with Crippen LogP contribution in [0.15, 0.2) is 47.9 Å². The highest BCUT2D eigenvalue weighted by Gasteiger charge is 2.34. The molecule has 0 aromatic heterocycles. The van der Waals surface area contributed by atoms with E-state index < -0.39 is 0 Å². The van der Waals surface area contributed by atoms with Crippen molar-refractivity contribution in [3.05, 3.63) is 47.9 Å². The van der Waals surface area contributed by atoms with Gasteiger partial charge in [0.15, 0.2) is 17.3 Å². The van der Waals surface area contributed by atoms with Crippen molar-refractivity contribution in [2.45, 2.75) is 13.8 Å². The fraction of sp³-hybridized carbons (Fsp3) is 0.267. The molecule has 3 rings (SSSR count). The van der Waals surface area contributed by atoms with Gasteiger partial charge in [-0.3, -0.25) is 4.79 Å². The molecule has 2 aliphatic rings. The van der Waals surface area contributed by atoms with E-state index in [4.69, 9.17) is 9.47 Å². The monoisotopic (exact) mass is 242 g/mol. The van der Waals surface area contributed by atoms with Crippen LogP contribution in [-0.4, -0.2) is 5.78 Å². The first-order chi connectivity index (χ1) is 8.66. The molecule has 0 amide bonds. The summed E-state index contributed by atoms with van der Waals surface area (Å²) in [5.41, 5.74) is 0. The van der Waals surface area contributed by atoms with Crippen LogP contribution in [0.25, 0.3) is 0 Å². The normalized spacial score (nSPS) is 21.3. The summed E-state index contributed by atoms with van der Waals surface area (Å²) in [6, 6.07) is 7.36. The summed E-state index contributed by atoms with van der Waals surface area (Å²) in [5.74, 6) is 2.21. The van der Waals surface area contributed by atoms with Gasteiger partial charge in [-0.15, -0.1) is 0 Å². The maximum Gasteiger partial charge on any atom is 0.213 e. The molecular formula is C15H14O3. The zero-order valence-corrected chi connectivity index (χ0v) is 10.3. The van der Waals surface area contributed by atoms with Crippen LogP contribution < -0.4 is 9.47 Å². The average Bonchev–Trinajstić information content (AvgIpc) is 2.37. The van der Waals surface area contributed by atoms with Crippen molar-refractivity contribution < 1.29 is 14.3 Å². The summed E-state index contributed by atoms with van der Waals surface area (Å²) < 4.78 is 11.4. The van der Waals surface area contributed by atoms with Gasteiger partial charge in [-0.1, -0.05) is 32.1 Å². The minimum atomic E-state index is -0.127. The van der Waals surface area contributed by atoms with Crippen molar-refractivity contribution in [3.8, 4) is 11.5 Å². The van der Waals surface area contributed by atoms with Gasteiger partial charge in [0.05, 0.1) is 0 Å². The van der Waals surface area contributed by atoms with E-state index in [0.29, 0.717) is 23.0 Å². The van der Waals surface area contributed by atoms with E-state index in [-0.39, 0.29) is 17.6 Å². The predicted octanol–water partition coefficient (Wildman–Crippen LogP) is 3.08. The quantitative estimate of drug-likeness (QED) is 0.759. The molecule has 1 aliphatic carbocycles. The number of benzene rings is 1. The lowest BCUT2D eigenvalue weighted by atomic mass is 9.87. The maximum absolute atomic E-state index is 12.3. The zero-order chi connectivity index (χ0) is 12.7. The lowest BCUT2D eigenvalue weighted by Gasteiger charge is -2.27. The second kappa shape index (κ2) is 4.02. The van der Waals surface area contributed by atoms with Crippen LogP contribution >= 0.6 is 0 Å². The van der Waals surface area contributed by atoms with Crippen LogP contribution in [0.4, 0.5) is 0 Å². The van der Waals surface area contributed by atoms with Crippen molar-refractivity contribution in [2.24, 2.45) is 11.8 Å². The standard InChI is InChI=1S/C15H14O3/c1-9(2)10-7-8-13-15(14(10)16)18-12-6-4-3-5-11(12)17-13/h3-10H,1-2H3. The number of ether oxygens (including phenoxy) is 2. The Balaban J connectivity index is 1.98. The largest absolute Gasteiger partial charge is 0.449 e. The van der Waals surface area contributed by atoms with Gasteiger partial charge in [0.25, 0.3) is 0 Å². The number of fused-ring (bicyclic) bond motifs is 1. The molecule has 92 valence electrons. The van der Waals surface area contributed by atoms with Crippen LogP contribution in [0.5, 0.6) is 11.5 Å². The molecule has 0 spiro atoms. The van der Waals surface area contributed by atoms with Crippen molar-refractivity contribution in [1.29, 1.82) is 0 Å². The fourth-order valence-electron chi connectivity index (χ4n) is 2.18. The minimum Gasteiger partial charge on any atom is -0.449 e. The Morgan fingerprint density at radius 2 is 1.78 bits per heavy atom. The Kier molecular flexibility index (Phi) is 2.47. The maximum atomic E-state index is 12.3. The van der Waals surface area contributed by atoms with E-state index in [0.717, 1.165) is 0 Å². The number of hydrogen-bond donors (Lipinski definition) is 0. The number of para-hydroxylation sites is 2. The Morgan fingerprint density at radius 1 is 1.11 bits per heavy atom. The zero-order valence-electron chi connectivity index (χ0n) is 10.3. The summed E-state index contributed by atoms with van der Waals surface area (Å²) in [4.78, 5) is 12.3. The van der Waals surface area contributed by atoms with Crippen molar-refractivity contribution >= 4 is 5.78 Å². The van der Waals surface area contributed by atoms with Crippen LogP contribution in [0.2, 0.25) is 0 Å². The highest BCUT2D eigenvalue weighted by molar-refractivity contribution is 5.99. The number of ketones is 1. The van der Waals surface area contributed by atoms with Crippen LogP contribution in [0, 0.1) is 11.8 Å². The first kappa shape index (κ1) is 11.1. The van der Waals surface area contributed by atoms with E-state index >= 15 is 0 Å². The van der Waals surface area contributed by atoms with Crippen LogP contribution in [-0.2, 0) is 4.79 Å². The van der Waals surface area contributed by atoms with Gasteiger partial charge in [0, 0.05) is 5.92 Å². The second-order valence-electron chi connectivity index (χ2n) is 4.84. The lowest BCUT2D eigenvalue weighted by Crippen LogP contribution is -2.29. The molecule has 1 unspecified atom stereocenters. The third-order valence-electron chi connectivity index (χ3n) is 3.20. The second-order valence-corrected chi connectivity index (χ2v) is 4.84. The molecule has 3 nitrogen and oxygen atoms in total. The third kappa shape index (κ3) is 1.63. The summed E-state index contributed by atoms with van der Waals surface area (Å²) >= 11 is 0. The Morgan fingerprint density at radius 3 is 2.44 bits per heavy atom. The fourth-order valence-corrected chi connectivity index (χ4v) is 2.18. The Labute approximate surface area is 106 Å². The molecule has 1 aliphatic heterocycles. The molecule has 1 aromatic rings. The van der Waals surface area contributed by atoms with Crippen molar-refractivity contribution in [1.82, 2.24) is 0 Å². The van der Waals surface area contributed by atoms with Gasteiger partial charge < -0.3 is 9.47 Å². The molecule has 0 saturated carbocycles. The van der Waals surface area contributed by atoms with Crippen LogP contribution in [0.1, 0.15) is 13.8 Å². The van der Waals surface area contributed by atoms with Crippen molar-refractivity contribution in [2.75, 3.05) is 0 Å². The highest BCUT2D eigenvalue weighted by Crippen LogP contribution is 2.38. The topological polar surface area (TPSA) is 35.5 Å². The number of hydrogen-bond acceptors (Lipinski definition) is 3. The number of allylic oxidation sites excluding steroid dienone is 3. The van der Waals surface area contributed by atoms with E-state index in [1.807, 2.05) is 44.2 Å². The van der Waals surface area contributed by atoms with E-state index in [1.54, 1.807) is 6.07 Å². The van der Waals surface area contributed by atoms with Crippen molar-refractivity contribution in [3.63, 3.8) is 0 Å². The lowest BCUT2D eigenvalue weighted by molar-refractivity contribution is -0.121. The molecule has 18 heavy (non-hydrogen) atoms. The average molecular weight is 242 g/mol. The molecule has 3 heteroatoms. The van der Waals surface area contributed by atoms with Gasteiger partial charge in [-0.2, -0.15) is 0 Å². The minimum absolute atomic E-state index is 0.00277. The number of rotatable bonds is 1. The summed E-state index contributed by atoms with van der Waals surface area (Å²) in [5, 5.41) is 0. The van der Waals surface area contributed by atoms with Gasteiger partial charge in [0.2, 0.25) is 11.5 Å². The molecule has 0 saturated heterocycles. The van der Waals surface area contributed by atoms with Gasteiger partial charge in [-0.05, 0) is 24.1 Å². The Hall–Kier alpha value is -2.03. The molecule has 0 radical (unpaired) electrons. The molecule has 0 bridgehead atoms. The number of carbonyl (C=O) groups is 1. The van der Waals surface area contributed by atoms with Crippen LogP contribution in [0.3, 0.4) is 0 Å². The predicted molar refractivity (Wildman–Crippen MR) is 67.2 cm³/mol. The molecule has 0 fully saturated rings. The SMILES string of the molecule is CC(C)C1C=CC2=C(Oc3ccccc3O2)C1=O. The molecule has 1 atom stereocenters. The summed E-state index contributed by atoms with van der Waals surface area (Å²) in [6.07, 6.45) is 3.72. The number of carbonyl (C=O) groups excluding carboxylic acids is 1. The first-order valence-electron chi connectivity index (χ1n) is 6.08. The smallest absolute Gasteiger partial charge is 0.213 e. The van der Waals surface area contributed by atoms with E-state index in [9.17, 15) is 4.79 Å². The van der Waals surface area contributed by atoms with Gasteiger partial charge in [0.1, 0.15) is 0 Å². The molecule has 0 N–H and O–H groups in total. The van der Waals surface area contributed by atoms with E-state index in [2.05, 4.69) is 0 Å².